The van der Waals surface area contributed by atoms with Gasteiger partial charge in [0.1, 0.15) is 5.41 Å². The number of esters is 1. The first-order valence-corrected chi connectivity index (χ1v) is 5.56. The third-order valence-corrected chi connectivity index (χ3v) is 2.79. The number of carbonyl (C=O) groups is 1. The Balaban J connectivity index is 3.39. The summed E-state index contributed by atoms with van der Waals surface area (Å²) in [6.45, 7) is 2.83. The molecule has 1 aromatic carbocycles. The summed E-state index contributed by atoms with van der Waals surface area (Å²) in [6, 6.07) is 3.38. The van der Waals surface area contributed by atoms with Gasteiger partial charge in [-0.05, 0) is 19.9 Å². The standard InChI is InChI=1S/C13H12F3NO2/c1-3-19-12(18)13(2,6-7-17)8-4-5-9(14)11(16)10(8)15/h4-5H,3,6H2,1-2H3. The van der Waals surface area contributed by atoms with E-state index in [1.54, 1.807) is 13.0 Å². The topological polar surface area (TPSA) is 50.1 Å². The van der Waals surface area contributed by atoms with E-state index in [-0.39, 0.29) is 6.61 Å². The molecule has 0 amide bonds. The maximum atomic E-state index is 13.7. The lowest BCUT2D eigenvalue weighted by atomic mass is 9.79. The Kier molecular flexibility index (Phi) is 4.54. The van der Waals surface area contributed by atoms with Gasteiger partial charge in [0.25, 0.3) is 0 Å². The first kappa shape index (κ1) is 15.0. The van der Waals surface area contributed by atoms with E-state index >= 15 is 0 Å². The Morgan fingerprint density at radius 2 is 2.00 bits per heavy atom. The third-order valence-electron chi connectivity index (χ3n) is 2.79. The van der Waals surface area contributed by atoms with Crippen LogP contribution in [-0.2, 0) is 14.9 Å². The molecule has 0 saturated heterocycles. The van der Waals surface area contributed by atoms with Crippen molar-refractivity contribution < 1.29 is 22.7 Å². The van der Waals surface area contributed by atoms with Crippen LogP contribution in [-0.4, -0.2) is 12.6 Å². The lowest BCUT2D eigenvalue weighted by Gasteiger charge is -2.25. The Bertz CT molecular complexity index is 539. The number of ether oxygens (including phenoxy) is 1. The Hall–Kier alpha value is -2.03. The smallest absolute Gasteiger partial charge is 0.317 e. The molecule has 1 rings (SSSR count). The maximum absolute atomic E-state index is 13.7. The molecule has 1 unspecified atom stereocenters. The minimum Gasteiger partial charge on any atom is -0.465 e. The first-order chi connectivity index (χ1) is 8.88. The van der Waals surface area contributed by atoms with Gasteiger partial charge in [0.15, 0.2) is 17.5 Å². The van der Waals surface area contributed by atoms with Gasteiger partial charge in [0.2, 0.25) is 0 Å². The van der Waals surface area contributed by atoms with Crippen molar-refractivity contribution in [2.24, 2.45) is 0 Å². The molecular formula is C13H12F3NO2. The molecule has 0 heterocycles. The molecule has 0 aromatic heterocycles. The van der Waals surface area contributed by atoms with Crippen molar-refractivity contribution in [3.05, 3.63) is 35.1 Å². The minimum absolute atomic E-state index is 0.0329. The van der Waals surface area contributed by atoms with Crippen LogP contribution in [0.4, 0.5) is 13.2 Å². The zero-order chi connectivity index (χ0) is 14.6. The normalized spacial score (nSPS) is 13.5. The SMILES string of the molecule is CCOC(=O)C(C)(CC#N)c1ccc(F)c(F)c1F. The summed E-state index contributed by atoms with van der Waals surface area (Å²) in [5, 5.41) is 8.75. The second-order valence-corrected chi connectivity index (χ2v) is 4.11. The number of nitriles is 1. The van der Waals surface area contributed by atoms with Crippen molar-refractivity contribution in [1.29, 1.82) is 5.26 Å². The fraction of sp³-hybridized carbons (Fsp3) is 0.385. The summed E-state index contributed by atoms with van der Waals surface area (Å²) in [5.41, 5.74) is -2.07. The highest BCUT2D eigenvalue weighted by molar-refractivity contribution is 5.83. The second-order valence-electron chi connectivity index (χ2n) is 4.11. The van der Waals surface area contributed by atoms with E-state index in [4.69, 9.17) is 10.00 Å². The quantitative estimate of drug-likeness (QED) is 0.625. The van der Waals surface area contributed by atoms with Crippen LogP contribution in [0.15, 0.2) is 12.1 Å². The summed E-state index contributed by atoms with van der Waals surface area (Å²) >= 11 is 0. The van der Waals surface area contributed by atoms with Crippen LogP contribution in [0.2, 0.25) is 0 Å². The van der Waals surface area contributed by atoms with Gasteiger partial charge in [-0.15, -0.1) is 0 Å². The zero-order valence-electron chi connectivity index (χ0n) is 10.5. The number of benzene rings is 1. The van der Waals surface area contributed by atoms with E-state index in [0.717, 1.165) is 6.07 Å². The summed E-state index contributed by atoms with van der Waals surface area (Å²) in [4.78, 5) is 11.8. The van der Waals surface area contributed by atoms with Gasteiger partial charge in [-0.1, -0.05) is 6.07 Å². The van der Waals surface area contributed by atoms with Gasteiger partial charge in [-0.2, -0.15) is 5.26 Å². The Morgan fingerprint density at radius 1 is 1.37 bits per heavy atom. The molecule has 0 saturated carbocycles. The molecule has 0 aliphatic carbocycles. The van der Waals surface area contributed by atoms with Crippen LogP contribution >= 0.6 is 0 Å². The molecule has 102 valence electrons. The Labute approximate surface area is 108 Å². The van der Waals surface area contributed by atoms with Gasteiger partial charge < -0.3 is 4.74 Å². The molecule has 0 spiro atoms. The first-order valence-electron chi connectivity index (χ1n) is 5.56. The molecule has 1 aromatic rings. The van der Waals surface area contributed by atoms with Crippen LogP contribution in [0.5, 0.6) is 0 Å². The molecule has 0 radical (unpaired) electrons. The number of hydrogen-bond acceptors (Lipinski definition) is 3. The molecule has 19 heavy (non-hydrogen) atoms. The molecule has 0 bridgehead atoms. The monoisotopic (exact) mass is 271 g/mol. The lowest BCUT2D eigenvalue weighted by Crippen LogP contribution is -2.35. The molecule has 0 aliphatic rings. The van der Waals surface area contributed by atoms with E-state index in [2.05, 4.69) is 0 Å². The molecule has 3 nitrogen and oxygen atoms in total. The number of nitrogens with zero attached hydrogens (tertiary/aromatic N) is 1. The predicted molar refractivity (Wildman–Crippen MR) is 60.5 cm³/mol. The predicted octanol–water partition coefficient (Wildman–Crippen LogP) is 2.84. The van der Waals surface area contributed by atoms with E-state index in [0.29, 0.717) is 6.07 Å². The highest BCUT2D eigenvalue weighted by Gasteiger charge is 2.40. The van der Waals surface area contributed by atoms with E-state index in [1.165, 1.54) is 6.92 Å². The largest absolute Gasteiger partial charge is 0.465 e. The van der Waals surface area contributed by atoms with Crippen molar-refractivity contribution in [3.63, 3.8) is 0 Å². The second kappa shape index (κ2) is 5.74. The average Bonchev–Trinajstić information content (AvgIpc) is 2.36. The third kappa shape index (κ3) is 2.70. The van der Waals surface area contributed by atoms with Crippen molar-refractivity contribution in [2.45, 2.75) is 25.7 Å². The van der Waals surface area contributed by atoms with Crippen LogP contribution in [0.25, 0.3) is 0 Å². The van der Waals surface area contributed by atoms with Crippen LogP contribution < -0.4 is 0 Å². The summed E-state index contributed by atoms with van der Waals surface area (Å²) < 4.78 is 44.6. The van der Waals surface area contributed by atoms with Gasteiger partial charge in [-0.3, -0.25) is 4.79 Å². The minimum atomic E-state index is -1.68. The van der Waals surface area contributed by atoms with Gasteiger partial charge in [0, 0.05) is 5.56 Å². The van der Waals surface area contributed by atoms with Crippen LogP contribution in [0.3, 0.4) is 0 Å². The molecular weight excluding hydrogens is 259 g/mol. The fourth-order valence-electron chi connectivity index (χ4n) is 1.68. The number of rotatable bonds is 4. The molecule has 0 aliphatic heterocycles. The molecule has 1 atom stereocenters. The summed E-state index contributed by atoms with van der Waals surface area (Å²) in [6.07, 6.45) is -0.409. The van der Waals surface area contributed by atoms with Gasteiger partial charge in [-0.25, -0.2) is 13.2 Å². The van der Waals surface area contributed by atoms with Crippen LogP contribution in [0.1, 0.15) is 25.8 Å². The summed E-state index contributed by atoms with van der Waals surface area (Å²) in [7, 11) is 0. The molecule has 0 fully saturated rings. The van der Waals surface area contributed by atoms with Gasteiger partial charge in [0.05, 0.1) is 19.1 Å². The van der Waals surface area contributed by atoms with Crippen molar-refractivity contribution in [3.8, 4) is 6.07 Å². The summed E-state index contributed by atoms with van der Waals surface area (Å²) in [5.74, 6) is -5.37. The van der Waals surface area contributed by atoms with Crippen molar-refractivity contribution in [2.75, 3.05) is 6.61 Å². The van der Waals surface area contributed by atoms with E-state index in [1.807, 2.05) is 0 Å². The lowest BCUT2D eigenvalue weighted by molar-refractivity contribution is -0.149. The fourth-order valence-corrected chi connectivity index (χ4v) is 1.68. The van der Waals surface area contributed by atoms with E-state index in [9.17, 15) is 18.0 Å². The average molecular weight is 271 g/mol. The van der Waals surface area contributed by atoms with E-state index < -0.39 is 40.8 Å². The molecule has 6 heteroatoms. The molecule has 0 N–H and O–H groups in total. The highest BCUT2D eigenvalue weighted by atomic mass is 19.2. The van der Waals surface area contributed by atoms with Crippen molar-refractivity contribution >= 4 is 5.97 Å². The highest BCUT2D eigenvalue weighted by Crippen LogP contribution is 2.32. The number of halogens is 3. The Morgan fingerprint density at radius 3 is 2.53 bits per heavy atom. The van der Waals surface area contributed by atoms with Crippen molar-refractivity contribution in [1.82, 2.24) is 0 Å². The zero-order valence-corrected chi connectivity index (χ0v) is 10.5. The number of hydrogen-bond donors (Lipinski definition) is 0. The number of carbonyl (C=O) groups excluding carboxylic acids is 1. The van der Waals surface area contributed by atoms with Crippen LogP contribution in [0, 0.1) is 28.8 Å². The van der Waals surface area contributed by atoms with Gasteiger partial charge >= 0.3 is 5.97 Å². The maximum Gasteiger partial charge on any atom is 0.317 e.